The average molecular weight is 460 g/mol. The van der Waals surface area contributed by atoms with Gasteiger partial charge in [0.25, 0.3) is 0 Å². The van der Waals surface area contributed by atoms with Gasteiger partial charge in [0.15, 0.2) is 0 Å². The number of ether oxygens (including phenoxy) is 3. The highest BCUT2D eigenvalue weighted by Crippen LogP contribution is 2.39. The van der Waals surface area contributed by atoms with E-state index in [9.17, 15) is 14.4 Å². The zero-order chi connectivity index (χ0) is 24.4. The molecule has 2 aliphatic heterocycles. The monoisotopic (exact) mass is 459 g/mol. The van der Waals surface area contributed by atoms with Crippen molar-refractivity contribution in [1.29, 1.82) is 0 Å². The van der Waals surface area contributed by atoms with E-state index in [0.29, 0.717) is 42.7 Å². The smallest absolute Gasteiger partial charge is 0.437 e. The van der Waals surface area contributed by atoms with Crippen molar-refractivity contribution in [3.8, 4) is 5.75 Å². The molecule has 0 radical (unpaired) electrons. The molecule has 1 aromatic carbocycles. The molecule has 0 spiro atoms. The van der Waals surface area contributed by atoms with Crippen LogP contribution < -0.4 is 10.1 Å². The minimum atomic E-state index is -0.776. The second-order valence-electron chi connectivity index (χ2n) is 9.37. The number of methoxy groups -OCH3 is 1. The first-order chi connectivity index (χ1) is 15.5. The highest BCUT2D eigenvalue weighted by molar-refractivity contribution is 6.04. The quantitative estimate of drug-likeness (QED) is 0.679. The van der Waals surface area contributed by atoms with Crippen LogP contribution in [-0.2, 0) is 14.3 Å². The lowest BCUT2D eigenvalue weighted by atomic mass is 9.85. The standard InChI is InChI=1S/C24H33N3O6/c1-7-24(8-2)14-19(28)27(21(26-24)25-22(30)33-23(3,4)5)17-11-12-32-18-10-9-15(13-16(17)18)20(29)31-6/h9-10,13,17H,7-8,11-12,14H2,1-6H3,(H,25,26,30)/t17-/m1/s1. The van der Waals surface area contributed by atoms with Crippen LogP contribution in [0, 0.1) is 0 Å². The van der Waals surface area contributed by atoms with E-state index in [-0.39, 0.29) is 18.3 Å². The van der Waals surface area contributed by atoms with E-state index >= 15 is 0 Å². The van der Waals surface area contributed by atoms with Gasteiger partial charge in [0.1, 0.15) is 11.4 Å². The van der Waals surface area contributed by atoms with Gasteiger partial charge >= 0.3 is 12.1 Å². The molecule has 1 aromatic rings. The van der Waals surface area contributed by atoms with Crippen molar-refractivity contribution < 1.29 is 28.6 Å². The Morgan fingerprint density at radius 3 is 2.58 bits per heavy atom. The molecule has 1 fully saturated rings. The molecule has 9 nitrogen and oxygen atoms in total. The molecule has 1 N–H and O–H groups in total. The summed E-state index contributed by atoms with van der Waals surface area (Å²) in [7, 11) is 1.31. The first kappa shape index (κ1) is 24.5. The van der Waals surface area contributed by atoms with Crippen LogP contribution in [0.4, 0.5) is 4.79 Å². The zero-order valence-corrected chi connectivity index (χ0v) is 20.2. The van der Waals surface area contributed by atoms with Gasteiger partial charge in [0.2, 0.25) is 11.9 Å². The maximum atomic E-state index is 13.5. The maximum Gasteiger partial charge on any atom is 0.437 e. The molecule has 0 saturated carbocycles. The summed E-state index contributed by atoms with van der Waals surface area (Å²) in [5.74, 6) is 0.0987. The first-order valence-electron chi connectivity index (χ1n) is 11.3. The minimum absolute atomic E-state index is 0.152. The molecule has 0 aromatic heterocycles. The molecule has 2 amide bonds. The normalized spacial score (nSPS) is 21.0. The highest BCUT2D eigenvalue weighted by Gasteiger charge is 2.44. The third kappa shape index (κ3) is 5.29. The van der Waals surface area contributed by atoms with Crippen LogP contribution in [0.5, 0.6) is 5.75 Å². The SMILES string of the molecule is CCC1(CC)CC(=O)N([C@@H]2CCOc3ccc(C(=O)OC)cc32)/C(=N\C(=O)OC(C)(C)C)N1. The van der Waals surface area contributed by atoms with Crippen molar-refractivity contribution in [2.75, 3.05) is 13.7 Å². The summed E-state index contributed by atoms with van der Waals surface area (Å²) in [4.78, 5) is 43.9. The van der Waals surface area contributed by atoms with E-state index in [1.807, 2.05) is 13.8 Å². The van der Waals surface area contributed by atoms with Crippen LogP contribution in [0.25, 0.3) is 0 Å². The van der Waals surface area contributed by atoms with Gasteiger partial charge in [-0.3, -0.25) is 9.69 Å². The molecular formula is C24H33N3O6. The van der Waals surface area contributed by atoms with Gasteiger partial charge in [-0.15, -0.1) is 4.99 Å². The molecule has 1 atom stereocenters. The topological polar surface area (TPSA) is 107 Å². The number of hydrogen-bond acceptors (Lipinski definition) is 6. The van der Waals surface area contributed by atoms with E-state index in [2.05, 4.69) is 10.3 Å². The molecule has 33 heavy (non-hydrogen) atoms. The zero-order valence-electron chi connectivity index (χ0n) is 20.2. The summed E-state index contributed by atoms with van der Waals surface area (Å²) >= 11 is 0. The molecule has 0 unspecified atom stereocenters. The Labute approximate surface area is 194 Å². The average Bonchev–Trinajstić information content (AvgIpc) is 2.76. The Bertz CT molecular complexity index is 961. The Balaban J connectivity index is 2.07. The number of esters is 1. The molecule has 0 bridgehead atoms. The van der Waals surface area contributed by atoms with Gasteiger partial charge in [0, 0.05) is 17.5 Å². The molecule has 0 aliphatic carbocycles. The minimum Gasteiger partial charge on any atom is -0.493 e. The van der Waals surface area contributed by atoms with Crippen LogP contribution in [0.15, 0.2) is 23.2 Å². The number of aliphatic imine (C=N–C) groups is 1. The van der Waals surface area contributed by atoms with E-state index in [1.165, 1.54) is 12.0 Å². The van der Waals surface area contributed by atoms with Crippen molar-refractivity contribution in [3.05, 3.63) is 29.3 Å². The van der Waals surface area contributed by atoms with Gasteiger partial charge in [-0.1, -0.05) is 13.8 Å². The second-order valence-corrected chi connectivity index (χ2v) is 9.37. The molecule has 1 saturated heterocycles. The third-order valence-corrected chi connectivity index (χ3v) is 6.06. The van der Waals surface area contributed by atoms with Crippen LogP contribution >= 0.6 is 0 Å². The van der Waals surface area contributed by atoms with Crippen molar-refractivity contribution in [2.45, 2.75) is 77.5 Å². The van der Waals surface area contributed by atoms with Gasteiger partial charge in [-0.25, -0.2) is 9.59 Å². The molecule has 3 rings (SSSR count). The lowest BCUT2D eigenvalue weighted by molar-refractivity contribution is -0.133. The number of fused-ring (bicyclic) bond motifs is 1. The summed E-state index contributed by atoms with van der Waals surface area (Å²) in [5.41, 5.74) is -0.211. The Morgan fingerprint density at radius 1 is 1.27 bits per heavy atom. The van der Waals surface area contributed by atoms with Crippen LogP contribution in [0.2, 0.25) is 0 Å². The van der Waals surface area contributed by atoms with Crippen molar-refractivity contribution in [2.24, 2.45) is 4.99 Å². The number of benzene rings is 1. The number of nitrogens with one attached hydrogen (secondary N) is 1. The van der Waals surface area contributed by atoms with E-state index < -0.39 is 29.2 Å². The fourth-order valence-corrected chi connectivity index (χ4v) is 4.17. The number of carbonyl (C=O) groups excluding carboxylic acids is 3. The van der Waals surface area contributed by atoms with Crippen molar-refractivity contribution >= 4 is 23.9 Å². The first-order valence-corrected chi connectivity index (χ1v) is 11.3. The molecule has 9 heteroatoms. The number of nitrogens with zero attached hydrogens (tertiary/aromatic N) is 2. The molecule has 2 aliphatic rings. The van der Waals surface area contributed by atoms with Gasteiger partial charge in [-0.05, 0) is 51.8 Å². The fourth-order valence-electron chi connectivity index (χ4n) is 4.17. The maximum absolute atomic E-state index is 13.5. The Morgan fingerprint density at radius 2 is 1.97 bits per heavy atom. The number of carbonyl (C=O) groups is 3. The lowest BCUT2D eigenvalue weighted by Crippen LogP contribution is -2.63. The molecular weight excluding hydrogens is 426 g/mol. The number of guanidine groups is 1. The highest BCUT2D eigenvalue weighted by atomic mass is 16.6. The van der Waals surface area contributed by atoms with E-state index in [0.717, 1.165) is 0 Å². The summed E-state index contributed by atoms with van der Waals surface area (Å²) in [6.45, 7) is 9.65. The molecule has 180 valence electrons. The number of hydrogen-bond donors (Lipinski definition) is 1. The van der Waals surface area contributed by atoms with Gasteiger partial charge in [0.05, 0.1) is 31.7 Å². The molecule has 2 heterocycles. The summed E-state index contributed by atoms with van der Waals surface area (Å²) in [6, 6.07) is 4.53. The van der Waals surface area contributed by atoms with E-state index in [4.69, 9.17) is 14.2 Å². The van der Waals surface area contributed by atoms with Gasteiger partial charge in [-0.2, -0.15) is 0 Å². The van der Waals surface area contributed by atoms with Crippen LogP contribution in [-0.4, -0.2) is 53.7 Å². The van der Waals surface area contributed by atoms with E-state index in [1.54, 1.807) is 39.0 Å². The van der Waals surface area contributed by atoms with Gasteiger partial charge < -0.3 is 19.5 Å². The summed E-state index contributed by atoms with van der Waals surface area (Å²) in [5, 5.41) is 3.36. The van der Waals surface area contributed by atoms with Crippen molar-refractivity contribution in [3.63, 3.8) is 0 Å². The van der Waals surface area contributed by atoms with Crippen LogP contribution in [0.1, 0.15) is 82.3 Å². The fraction of sp³-hybridized carbons (Fsp3) is 0.583. The number of amides is 2. The Hall–Kier alpha value is -3.10. The van der Waals surface area contributed by atoms with Crippen molar-refractivity contribution in [1.82, 2.24) is 10.2 Å². The third-order valence-electron chi connectivity index (χ3n) is 6.06. The Kier molecular flexibility index (Phi) is 7.00. The summed E-state index contributed by atoms with van der Waals surface area (Å²) < 4.78 is 16.0. The predicted molar refractivity (Wildman–Crippen MR) is 122 cm³/mol. The van der Waals surface area contributed by atoms with Crippen LogP contribution in [0.3, 0.4) is 0 Å². The predicted octanol–water partition coefficient (Wildman–Crippen LogP) is 3.97. The largest absolute Gasteiger partial charge is 0.493 e. The lowest BCUT2D eigenvalue weighted by Gasteiger charge is -2.46. The second kappa shape index (κ2) is 9.41. The number of rotatable bonds is 4. The summed E-state index contributed by atoms with van der Waals surface area (Å²) in [6.07, 6.45) is 1.34.